The molecule has 0 saturated heterocycles. The van der Waals surface area contributed by atoms with Gasteiger partial charge in [-0.25, -0.2) is 13.1 Å². The van der Waals surface area contributed by atoms with E-state index in [1.165, 1.54) is 4.68 Å². The summed E-state index contributed by atoms with van der Waals surface area (Å²) in [6.07, 6.45) is 3.27. The van der Waals surface area contributed by atoms with Crippen LogP contribution in [0.2, 0.25) is 0 Å². The van der Waals surface area contributed by atoms with Gasteiger partial charge in [0, 0.05) is 12.3 Å². The summed E-state index contributed by atoms with van der Waals surface area (Å²) in [5.74, 6) is 0.613. The van der Waals surface area contributed by atoms with Crippen LogP contribution >= 0.6 is 0 Å². The van der Waals surface area contributed by atoms with Gasteiger partial charge >= 0.3 is 0 Å². The van der Waals surface area contributed by atoms with Crippen molar-refractivity contribution in [3.63, 3.8) is 0 Å². The number of anilines is 2. The number of nitriles is 1. The van der Waals surface area contributed by atoms with Crippen LogP contribution in [0.15, 0.2) is 0 Å². The van der Waals surface area contributed by atoms with Crippen LogP contribution in [0, 0.1) is 11.3 Å². The van der Waals surface area contributed by atoms with Crippen molar-refractivity contribution < 1.29 is 8.42 Å². The minimum absolute atomic E-state index is 0.0490. The van der Waals surface area contributed by atoms with Crippen LogP contribution in [0.3, 0.4) is 0 Å². The van der Waals surface area contributed by atoms with Crippen LogP contribution in [0.1, 0.15) is 18.4 Å². The SMILES string of the molecule is CS(=O)(=O)CCn1nc(NC2CC2)c(C#N)c1N. The highest BCUT2D eigenvalue weighted by atomic mass is 32.2. The zero-order valence-corrected chi connectivity index (χ0v) is 10.9. The van der Waals surface area contributed by atoms with Crippen molar-refractivity contribution in [1.29, 1.82) is 5.26 Å². The molecular weight excluding hydrogens is 254 g/mol. The fraction of sp³-hybridized carbons (Fsp3) is 0.600. The first-order valence-corrected chi connectivity index (χ1v) is 7.67. The van der Waals surface area contributed by atoms with Crippen molar-refractivity contribution in [2.75, 3.05) is 23.1 Å². The van der Waals surface area contributed by atoms with Crippen molar-refractivity contribution >= 4 is 21.5 Å². The number of sulfone groups is 1. The molecule has 0 amide bonds. The Balaban J connectivity index is 2.20. The molecule has 8 heteroatoms. The molecule has 1 saturated carbocycles. The highest BCUT2D eigenvalue weighted by Crippen LogP contribution is 2.28. The molecule has 1 fully saturated rings. The number of aryl methyl sites for hydroxylation is 1. The first-order valence-electron chi connectivity index (χ1n) is 5.61. The third-order valence-corrected chi connectivity index (χ3v) is 3.62. The average Bonchev–Trinajstić information content (AvgIpc) is 3.01. The van der Waals surface area contributed by atoms with Crippen LogP contribution in [-0.2, 0) is 16.4 Å². The first-order chi connectivity index (χ1) is 8.40. The standard InChI is InChI=1S/C10H15N5O2S/c1-18(16,17)5-4-15-9(12)8(6-11)10(14-15)13-7-2-3-7/h7H,2-5,12H2,1H3,(H,13,14). The summed E-state index contributed by atoms with van der Waals surface area (Å²) in [5.41, 5.74) is 6.07. The topological polar surface area (TPSA) is 114 Å². The highest BCUT2D eigenvalue weighted by molar-refractivity contribution is 7.90. The van der Waals surface area contributed by atoms with Gasteiger partial charge in [-0.3, -0.25) is 0 Å². The zero-order valence-electron chi connectivity index (χ0n) is 10.0. The highest BCUT2D eigenvalue weighted by Gasteiger charge is 2.25. The van der Waals surface area contributed by atoms with Gasteiger partial charge < -0.3 is 11.1 Å². The number of rotatable bonds is 5. The number of nitrogens with one attached hydrogen (secondary N) is 1. The summed E-state index contributed by atoms with van der Waals surface area (Å²) >= 11 is 0. The van der Waals surface area contributed by atoms with Crippen LogP contribution in [0.25, 0.3) is 0 Å². The molecule has 1 aliphatic rings. The van der Waals surface area contributed by atoms with E-state index < -0.39 is 9.84 Å². The van der Waals surface area contributed by atoms with Gasteiger partial charge in [-0.2, -0.15) is 10.4 Å². The maximum Gasteiger partial charge on any atom is 0.168 e. The van der Waals surface area contributed by atoms with E-state index in [9.17, 15) is 8.42 Å². The molecular formula is C10H15N5O2S. The molecule has 3 N–H and O–H groups in total. The molecule has 7 nitrogen and oxygen atoms in total. The number of hydrogen-bond donors (Lipinski definition) is 2. The average molecular weight is 269 g/mol. The fourth-order valence-electron chi connectivity index (χ4n) is 1.53. The van der Waals surface area contributed by atoms with Gasteiger partial charge in [0.2, 0.25) is 0 Å². The quantitative estimate of drug-likeness (QED) is 0.775. The molecule has 18 heavy (non-hydrogen) atoms. The molecule has 0 unspecified atom stereocenters. The monoisotopic (exact) mass is 269 g/mol. The van der Waals surface area contributed by atoms with E-state index in [1.54, 1.807) is 0 Å². The largest absolute Gasteiger partial charge is 0.383 e. The summed E-state index contributed by atoms with van der Waals surface area (Å²) < 4.78 is 23.6. The van der Waals surface area contributed by atoms with Crippen LogP contribution in [-0.4, -0.2) is 36.2 Å². The first kappa shape index (κ1) is 12.7. The molecule has 0 aromatic carbocycles. The van der Waals surface area contributed by atoms with Crippen molar-refractivity contribution in [2.24, 2.45) is 0 Å². The normalized spacial score (nSPS) is 15.3. The van der Waals surface area contributed by atoms with Crippen molar-refractivity contribution in [2.45, 2.75) is 25.4 Å². The Bertz CT molecular complexity index is 595. The Hall–Kier alpha value is -1.75. The Labute approximate surface area is 105 Å². The molecule has 0 atom stereocenters. The molecule has 98 valence electrons. The zero-order chi connectivity index (χ0) is 13.3. The molecule has 1 aliphatic carbocycles. The Morgan fingerprint density at radius 3 is 2.78 bits per heavy atom. The Kier molecular flexibility index (Phi) is 3.17. The van der Waals surface area contributed by atoms with Crippen LogP contribution in [0.4, 0.5) is 11.6 Å². The number of nitrogens with zero attached hydrogens (tertiary/aromatic N) is 3. The molecule has 0 spiro atoms. The van der Waals surface area contributed by atoms with Gasteiger partial charge in [0.15, 0.2) is 5.82 Å². The number of hydrogen-bond acceptors (Lipinski definition) is 6. The van der Waals surface area contributed by atoms with Crippen LogP contribution in [0.5, 0.6) is 0 Å². The van der Waals surface area contributed by atoms with Crippen molar-refractivity contribution in [3.8, 4) is 6.07 Å². The summed E-state index contributed by atoms with van der Waals surface area (Å²) in [4.78, 5) is 0. The lowest BCUT2D eigenvalue weighted by molar-refractivity contribution is 0.588. The second kappa shape index (κ2) is 4.49. The minimum atomic E-state index is -3.08. The molecule has 0 aliphatic heterocycles. The summed E-state index contributed by atoms with van der Waals surface area (Å²) in [7, 11) is -3.08. The third-order valence-electron chi connectivity index (χ3n) is 2.70. The molecule has 1 heterocycles. The molecule has 0 bridgehead atoms. The predicted octanol–water partition coefficient (Wildman–Crippen LogP) is -0.0441. The van der Waals surface area contributed by atoms with Gasteiger partial charge in [-0.15, -0.1) is 0 Å². The van der Waals surface area contributed by atoms with E-state index in [2.05, 4.69) is 10.4 Å². The number of nitrogen functional groups attached to an aromatic ring is 1. The van der Waals surface area contributed by atoms with E-state index >= 15 is 0 Å². The van der Waals surface area contributed by atoms with E-state index in [1.807, 2.05) is 6.07 Å². The lowest BCUT2D eigenvalue weighted by Crippen LogP contribution is -2.14. The lowest BCUT2D eigenvalue weighted by atomic mass is 10.3. The summed E-state index contributed by atoms with van der Waals surface area (Å²) in [5, 5.41) is 16.3. The van der Waals surface area contributed by atoms with E-state index in [0.717, 1.165) is 19.1 Å². The second-order valence-electron chi connectivity index (χ2n) is 4.49. The molecule has 0 radical (unpaired) electrons. The summed E-state index contributed by atoms with van der Waals surface area (Å²) in [6.45, 7) is 0.158. The molecule has 1 aromatic rings. The number of aromatic nitrogens is 2. The lowest BCUT2D eigenvalue weighted by Gasteiger charge is -2.02. The van der Waals surface area contributed by atoms with Gasteiger partial charge in [0.05, 0.1) is 12.3 Å². The predicted molar refractivity (Wildman–Crippen MR) is 67.7 cm³/mol. The smallest absolute Gasteiger partial charge is 0.168 e. The van der Waals surface area contributed by atoms with Gasteiger partial charge in [-0.1, -0.05) is 0 Å². The van der Waals surface area contributed by atoms with Crippen LogP contribution < -0.4 is 11.1 Å². The maximum atomic E-state index is 11.1. The second-order valence-corrected chi connectivity index (χ2v) is 6.75. The third kappa shape index (κ3) is 2.92. The minimum Gasteiger partial charge on any atom is -0.383 e. The van der Waals surface area contributed by atoms with Gasteiger partial charge in [-0.05, 0) is 12.8 Å². The summed E-state index contributed by atoms with van der Waals surface area (Å²) in [6, 6.07) is 2.35. The Morgan fingerprint density at radius 1 is 1.61 bits per heavy atom. The van der Waals surface area contributed by atoms with E-state index in [4.69, 9.17) is 11.0 Å². The maximum absolute atomic E-state index is 11.1. The molecule has 1 aromatic heterocycles. The molecule has 2 rings (SSSR count). The fourth-order valence-corrected chi connectivity index (χ4v) is 2.03. The van der Waals surface area contributed by atoms with E-state index in [0.29, 0.717) is 11.9 Å². The van der Waals surface area contributed by atoms with Crippen molar-refractivity contribution in [3.05, 3.63) is 5.56 Å². The Morgan fingerprint density at radius 2 is 2.28 bits per heavy atom. The van der Waals surface area contributed by atoms with Crippen molar-refractivity contribution in [1.82, 2.24) is 9.78 Å². The van der Waals surface area contributed by atoms with Gasteiger partial charge in [0.25, 0.3) is 0 Å². The van der Waals surface area contributed by atoms with Gasteiger partial charge in [0.1, 0.15) is 27.3 Å². The number of nitrogens with two attached hydrogens (primary N) is 1. The van der Waals surface area contributed by atoms with E-state index in [-0.39, 0.29) is 23.7 Å².